The highest BCUT2D eigenvalue weighted by Gasteiger charge is 2.34. The molecular formula is C12H13Cl4N3OS. The second-order valence-corrected chi connectivity index (χ2v) is 7.13. The van der Waals surface area contributed by atoms with E-state index in [0.29, 0.717) is 0 Å². The van der Waals surface area contributed by atoms with E-state index in [1.54, 1.807) is 0 Å². The van der Waals surface area contributed by atoms with Crippen LogP contribution < -0.4 is 16.0 Å². The van der Waals surface area contributed by atoms with Crippen LogP contribution in [0.3, 0.4) is 0 Å². The molecule has 0 saturated heterocycles. The zero-order chi connectivity index (χ0) is 16.0. The van der Waals surface area contributed by atoms with Gasteiger partial charge in [-0.2, -0.15) is 0 Å². The van der Waals surface area contributed by atoms with Gasteiger partial charge in [0.25, 0.3) is 0 Å². The summed E-state index contributed by atoms with van der Waals surface area (Å²) in [5.74, 6) is -0.740. The molecule has 0 fully saturated rings. The summed E-state index contributed by atoms with van der Waals surface area (Å²) in [6.07, 6.45) is -1.02. The van der Waals surface area contributed by atoms with Gasteiger partial charge in [0.05, 0.1) is 0 Å². The Kier molecular flexibility index (Phi) is 7.30. The number of carbonyl (C=O) groups excluding carboxylic acids is 1. The second-order valence-electron chi connectivity index (χ2n) is 4.09. The van der Waals surface area contributed by atoms with Gasteiger partial charge in [0.15, 0.2) is 5.11 Å². The van der Waals surface area contributed by atoms with E-state index in [4.69, 9.17) is 58.6 Å². The van der Waals surface area contributed by atoms with Gasteiger partial charge in [-0.1, -0.05) is 53.0 Å². The van der Waals surface area contributed by atoms with Crippen LogP contribution in [-0.2, 0) is 4.79 Å². The number of carbonyl (C=O) groups is 1. The maximum Gasteiger partial charge on any atom is 0.236 e. The summed E-state index contributed by atoms with van der Waals surface area (Å²) in [5, 5.41) is 8.33. The molecule has 0 saturated carbocycles. The fourth-order valence-electron chi connectivity index (χ4n) is 1.40. The number of alkyl halides is 4. The van der Waals surface area contributed by atoms with Gasteiger partial charge in [-0.15, -0.1) is 11.6 Å². The first kappa shape index (κ1) is 18.6. The average molecular weight is 389 g/mol. The predicted molar refractivity (Wildman–Crippen MR) is 93.5 cm³/mol. The van der Waals surface area contributed by atoms with Crippen molar-refractivity contribution < 1.29 is 4.79 Å². The predicted octanol–water partition coefficient (Wildman–Crippen LogP) is 3.33. The van der Waals surface area contributed by atoms with E-state index in [1.807, 2.05) is 31.2 Å². The summed E-state index contributed by atoms with van der Waals surface area (Å²) in [5.41, 5.74) is 1.80. The molecule has 0 bridgehead atoms. The van der Waals surface area contributed by atoms with E-state index in [9.17, 15) is 4.79 Å². The summed E-state index contributed by atoms with van der Waals surface area (Å²) in [6.45, 7) is 1.92. The lowest BCUT2D eigenvalue weighted by Gasteiger charge is -2.27. The van der Waals surface area contributed by atoms with Crippen LogP contribution in [0.25, 0.3) is 0 Å². The Labute approximate surface area is 148 Å². The summed E-state index contributed by atoms with van der Waals surface area (Å²) in [4.78, 5) is 11.3. The lowest BCUT2D eigenvalue weighted by atomic mass is 10.2. The normalized spacial score (nSPS) is 12.4. The molecule has 0 spiro atoms. The van der Waals surface area contributed by atoms with Crippen LogP contribution in [0.15, 0.2) is 24.3 Å². The first-order chi connectivity index (χ1) is 9.74. The van der Waals surface area contributed by atoms with Crippen molar-refractivity contribution in [3.63, 3.8) is 0 Å². The third-order valence-electron chi connectivity index (χ3n) is 2.42. The third-order valence-corrected chi connectivity index (χ3v) is 3.54. The van der Waals surface area contributed by atoms with Crippen LogP contribution in [0.2, 0.25) is 0 Å². The van der Waals surface area contributed by atoms with Crippen molar-refractivity contribution in [1.29, 1.82) is 0 Å². The monoisotopic (exact) mass is 387 g/mol. The number of hydrogen-bond acceptors (Lipinski definition) is 2. The highest BCUT2D eigenvalue weighted by Crippen LogP contribution is 2.29. The van der Waals surface area contributed by atoms with Crippen molar-refractivity contribution in [3.8, 4) is 0 Å². The minimum Gasteiger partial charge on any atom is -0.339 e. The first-order valence-electron chi connectivity index (χ1n) is 5.79. The van der Waals surface area contributed by atoms with Gasteiger partial charge in [0.2, 0.25) is 9.70 Å². The maximum absolute atomic E-state index is 11.3. The van der Waals surface area contributed by atoms with Gasteiger partial charge in [-0.3, -0.25) is 4.79 Å². The number of rotatable bonds is 4. The lowest BCUT2D eigenvalue weighted by Crippen LogP contribution is -2.56. The zero-order valence-electron chi connectivity index (χ0n) is 10.9. The van der Waals surface area contributed by atoms with Crippen molar-refractivity contribution >= 4 is 75.3 Å². The number of para-hydroxylation sites is 1. The van der Waals surface area contributed by atoms with E-state index in [2.05, 4.69) is 16.0 Å². The molecule has 0 aromatic heterocycles. The smallest absolute Gasteiger partial charge is 0.236 e. The summed E-state index contributed by atoms with van der Waals surface area (Å²) in [6, 6.07) is 7.54. The third kappa shape index (κ3) is 6.45. The van der Waals surface area contributed by atoms with E-state index >= 15 is 0 Å². The van der Waals surface area contributed by atoms with Crippen LogP contribution in [0.1, 0.15) is 5.56 Å². The molecule has 0 heterocycles. The molecule has 4 nitrogen and oxygen atoms in total. The molecule has 0 aliphatic heterocycles. The molecule has 1 rings (SSSR count). The minimum absolute atomic E-state index is 0.204. The molecule has 0 unspecified atom stereocenters. The topological polar surface area (TPSA) is 53.2 Å². The number of halogens is 4. The van der Waals surface area contributed by atoms with Crippen molar-refractivity contribution in [3.05, 3.63) is 29.8 Å². The first-order valence-corrected chi connectivity index (χ1v) is 7.87. The SMILES string of the molecule is Cc1ccccc1NC(=S)N[C@@H](NC(=O)CCl)C(Cl)(Cl)Cl. The molecule has 0 aliphatic rings. The summed E-state index contributed by atoms with van der Waals surface area (Å²) in [7, 11) is 0. The Balaban J connectivity index is 2.73. The molecule has 21 heavy (non-hydrogen) atoms. The van der Waals surface area contributed by atoms with E-state index in [0.717, 1.165) is 11.3 Å². The van der Waals surface area contributed by atoms with Crippen molar-refractivity contribution in [2.75, 3.05) is 11.2 Å². The largest absolute Gasteiger partial charge is 0.339 e. The second kappa shape index (κ2) is 8.25. The van der Waals surface area contributed by atoms with Gasteiger partial charge in [0.1, 0.15) is 12.0 Å². The molecule has 9 heteroatoms. The molecular weight excluding hydrogens is 376 g/mol. The molecule has 1 aromatic rings. The number of amides is 1. The number of thiocarbonyl (C=S) groups is 1. The van der Waals surface area contributed by atoms with Gasteiger partial charge >= 0.3 is 0 Å². The molecule has 116 valence electrons. The fraction of sp³-hybridized carbons (Fsp3) is 0.333. The summed E-state index contributed by atoms with van der Waals surface area (Å²) >= 11 is 28.0. The van der Waals surface area contributed by atoms with Gasteiger partial charge in [0, 0.05) is 5.69 Å². The Morgan fingerprint density at radius 1 is 1.29 bits per heavy atom. The van der Waals surface area contributed by atoms with Crippen LogP contribution in [0.5, 0.6) is 0 Å². The Morgan fingerprint density at radius 2 is 1.90 bits per heavy atom. The number of aryl methyl sites for hydroxylation is 1. The van der Waals surface area contributed by atoms with E-state index in [-0.39, 0.29) is 11.0 Å². The maximum atomic E-state index is 11.3. The molecule has 0 aliphatic carbocycles. The van der Waals surface area contributed by atoms with Crippen LogP contribution in [-0.4, -0.2) is 26.9 Å². The summed E-state index contributed by atoms with van der Waals surface area (Å²) < 4.78 is -1.79. The van der Waals surface area contributed by atoms with Crippen LogP contribution >= 0.6 is 58.6 Å². The molecule has 1 aromatic carbocycles. The number of hydrogen-bond donors (Lipinski definition) is 3. The molecule has 1 amide bonds. The van der Waals surface area contributed by atoms with Gasteiger partial charge in [-0.25, -0.2) is 0 Å². The molecule has 0 radical (unpaired) electrons. The van der Waals surface area contributed by atoms with E-state index in [1.165, 1.54) is 0 Å². The quantitative estimate of drug-likeness (QED) is 0.420. The standard InChI is InChI=1S/C12H13Cl4N3OS/c1-7-4-2-3-5-8(7)17-11(21)19-10(12(14,15)16)18-9(20)6-13/h2-5,10H,6H2,1H3,(H,18,20)(H2,17,19,21)/t10-/m1/s1. The Hall–Kier alpha value is -0.460. The van der Waals surface area contributed by atoms with E-state index < -0.39 is 15.9 Å². The Bertz CT molecular complexity index is 521. The van der Waals surface area contributed by atoms with Crippen molar-refractivity contribution in [2.45, 2.75) is 16.9 Å². The van der Waals surface area contributed by atoms with Gasteiger partial charge in [-0.05, 0) is 30.8 Å². The lowest BCUT2D eigenvalue weighted by molar-refractivity contribution is -0.119. The average Bonchev–Trinajstić information content (AvgIpc) is 2.39. The highest BCUT2D eigenvalue weighted by molar-refractivity contribution is 7.80. The van der Waals surface area contributed by atoms with Crippen LogP contribution in [0, 0.1) is 6.92 Å². The van der Waals surface area contributed by atoms with Crippen LogP contribution in [0.4, 0.5) is 5.69 Å². The van der Waals surface area contributed by atoms with Crippen molar-refractivity contribution in [1.82, 2.24) is 10.6 Å². The van der Waals surface area contributed by atoms with Crippen molar-refractivity contribution in [2.24, 2.45) is 0 Å². The van der Waals surface area contributed by atoms with Gasteiger partial charge < -0.3 is 16.0 Å². The Morgan fingerprint density at radius 3 is 2.43 bits per heavy atom. The number of benzene rings is 1. The number of nitrogens with one attached hydrogen (secondary N) is 3. The molecule has 3 N–H and O–H groups in total. The highest BCUT2D eigenvalue weighted by atomic mass is 35.6. The zero-order valence-corrected chi connectivity index (χ0v) is 14.8. The molecule has 1 atom stereocenters. The fourth-order valence-corrected chi connectivity index (χ4v) is 2.03. The minimum atomic E-state index is -1.79. The number of anilines is 1.